The molecule has 1 nitrogen and oxygen atoms in total. The Bertz CT molecular complexity index is 346. The smallest absolute Gasteiger partial charge is 0.0406 e. The molecule has 0 aliphatic carbocycles. The molecule has 1 aromatic carbocycles. The maximum absolute atomic E-state index is 5.89. The molecule has 0 fully saturated rings. The highest BCUT2D eigenvalue weighted by Gasteiger charge is 2.21. The highest BCUT2D eigenvalue weighted by Crippen LogP contribution is 2.22. The molecule has 0 aromatic heterocycles. The van der Waals surface area contributed by atoms with Gasteiger partial charge in [-0.1, -0.05) is 37.6 Å². The summed E-state index contributed by atoms with van der Waals surface area (Å²) in [5.41, 5.74) is 1.77. The zero-order valence-corrected chi connectivity index (χ0v) is 12.4. The van der Waals surface area contributed by atoms with Gasteiger partial charge in [0.15, 0.2) is 0 Å². The topological polar surface area (TPSA) is 12.0 Å². The predicted molar refractivity (Wildman–Crippen MR) is 76.7 cm³/mol. The van der Waals surface area contributed by atoms with Crippen LogP contribution >= 0.6 is 11.6 Å². The van der Waals surface area contributed by atoms with E-state index in [1.165, 1.54) is 5.56 Å². The van der Waals surface area contributed by atoms with Crippen molar-refractivity contribution in [2.45, 2.75) is 46.6 Å². The van der Waals surface area contributed by atoms with Gasteiger partial charge in [-0.2, -0.15) is 0 Å². The Balaban J connectivity index is 2.57. The van der Waals surface area contributed by atoms with Crippen molar-refractivity contribution in [3.63, 3.8) is 0 Å². The number of nitrogens with one attached hydrogen (secondary N) is 1. The normalized spacial score (nSPS) is 12.8. The molecular weight excluding hydrogens is 230 g/mol. The van der Waals surface area contributed by atoms with Crippen molar-refractivity contribution in [1.29, 1.82) is 0 Å². The average molecular weight is 254 g/mol. The molecule has 0 radical (unpaired) electrons. The van der Waals surface area contributed by atoms with Crippen LogP contribution in [0.1, 0.15) is 40.2 Å². The summed E-state index contributed by atoms with van der Waals surface area (Å²) in [6, 6.07) is 8.15. The third-order valence-corrected chi connectivity index (χ3v) is 2.95. The fourth-order valence-corrected chi connectivity index (χ4v) is 1.85. The molecule has 0 amide bonds. The van der Waals surface area contributed by atoms with E-state index in [1.807, 2.05) is 12.1 Å². The predicted octanol–water partition coefficient (Wildman–Crippen LogP) is 4.30. The van der Waals surface area contributed by atoms with E-state index >= 15 is 0 Å². The van der Waals surface area contributed by atoms with E-state index in [9.17, 15) is 0 Å². The lowest BCUT2D eigenvalue weighted by Gasteiger charge is -2.30. The van der Waals surface area contributed by atoms with Gasteiger partial charge in [0, 0.05) is 17.1 Å². The molecule has 0 unspecified atom stereocenters. The first-order valence-corrected chi connectivity index (χ1v) is 6.55. The first-order chi connectivity index (χ1) is 7.68. The van der Waals surface area contributed by atoms with Gasteiger partial charge in [0.05, 0.1) is 0 Å². The van der Waals surface area contributed by atoms with Gasteiger partial charge in [0.25, 0.3) is 0 Å². The molecular formula is C15H24ClN. The summed E-state index contributed by atoms with van der Waals surface area (Å²) in [5, 5.41) is 4.37. The van der Waals surface area contributed by atoms with Crippen LogP contribution in [-0.4, -0.2) is 12.1 Å². The molecule has 1 rings (SSSR count). The quantitative estimate of drug-likeness (QED) is 0.844. The van der Waals surface area contributed by atoms with Crippen LogP contribution in [0.15, 0.2) is 24.3 Å². The lowest BCUT2D eigenvalue weighted by molar-refractivity contribution is 0.289. The van der Waals surface area contributed by atoms with Crippen LogP contribution in [0.3, 0.4) is 0 Å². The van der Waals surface area contributed by atoms with Gasteiger partial charge >= 0.3 is 0 Å². The van der Waals surface area contributed by atoms with Crippen molar-refractivity contribution >= 4 is 11.6 Å². The van der Waals surface area contributed by atoms with Gasteiger partial charge in [-0.05, 0) is 50.3 Å². The summed E-state index contributed by atoms with van der Waals surface area (Å²) in [6.07, 6.45) is 1.06. The molecule has 0 saturated carbocycles. The van der Waals surface area contributed by atoms with Crippen LogP contribution in [0.4, 0.5) is 0 Å². The Labute approximate surface area is 111 Å². The summed E-state index contributed by atoms with van der Waals surface area (Å²) >= 11 is 5.89. The van der Waals surface area contributed by atoms with E-state index in [4.69, 9.17) is 11.6 Å². The molecule has 0 bridgehead atoms. The Morgan fingerprint density at radius 3 is 2.00 bits per heavy atom. The molecule has 0 atom stereocenters. The minimum atomic E-state index is 0.178. The second-order valence-corrected chi connectivity index (χ2v) is 7.01. The van der Waals surface area contributed by atoms with Gasteiger partial charge in [-0.3, -0.25) is 0 Å². The van der Waals surface area contributed by atoms with Gasteiger partial charge < -0.3 is 5.32 Å². The van der Waals surface area contributed by atoms with Gasteiger partial charge in [-0.15, -0.1) is 0 Å². The number of benzene rings is 1. The lowest BCUT2D eigenvalue weighted by atomic mass is 9.85. The SMILES string of the molecule is CC(C)(CNC(C)(C)C)Cc1ccc(Cl)cc1. The summed E-state index contributed by atoms with van der Waals surface area (Å²) in [4.78, 5) is 0. The fourth-order valence-electron chi connectivity index (χ4n) is 1.72. The summed E-state index contributed by atoms with van der Waals surface area (Å²) in [7, 11) is 0. The van der Waals surface area contributed by atoms with E-state index in [0.29, 0.717) is 0 Å². The van der Waals surface area contributed by atoms with E-state index in [2.05, 4.69) is 52.1 Å². The highest BCUT2D eigenvalue weighted by molar-refractivity contribution is 6.30. The first-order valence-electron chi connectivity index (χ1n) is 6.17. The Morgan fingerprint density at radius 1 is 1.00 bits per heavy atom. The van der Waals surface area contributed by atoms with Crippen molar-refractivity contribution in [1.82, 2.24) is 5.32 Å². The Kier molecular flexibility index (Phi) is 4.62. The van der Waals surface area contributed by atoms with Crippen LogP contribution in [0.25, 0.3) is 0 Å². The standard InChI is InChI=1S/C15H24ClN/c1-14(2,3)17-11-15(4,5)10-12-6-8-13(16)9-7-12/h6-9,17H,10-11H2,1-5H3. The lowest BCUT2D eigenvalue weighted by Crippen LogP contribution is -2.42. The third-order valence-electron chi connectivity index (χ3n) is 2.69. The average Bonchev–Trinajstić information content (AvgIpc) is 2.18. The zero-order chi connectivity index (χ0) is 13.1. The van der Waals surface area contributed by atoms with Crippen LogP contribution in [0.2, 0.25) is 5.02 Å². The Morgan fingerprint density at radius 2 is 1.53 bits per heavy atom. The first kappa shape index (κ1) is 14.5. The molecule has 1 aromatic rings. The van der Waals surface area contributed by atoms with Crippen LogP contribution < -0.4 is 5.32 Å². The van der Waals surface area contributed by atoms with E-state index in [-0.39, 0.29) is 11.0 Å². The van der Waals surface area contributed by atoms with Crippen LogP contribution in [-0.2, 0) is 6.42 Å². The van der Waals surface area contributed by atoms with E-state index in [0.717, 1.165) is 18.0 Å². The molecule has 96 valence electrons. The molecule has 0 aliphatic rings. The molecule has 2 heteroatoms. The van der Waals surface area contributed by atoms with E-state index < -0.39 is 0 Å². The number of hydrogen-bond donors (Lipinski definition) is 1. The molecule has 0 aliphatic heterocycles. The van der Waals surface area contributed by atoms with Gasteiger partial charge in [0.1, 0.15) is 0 Å². The molecule has 0 spiro atoms. The number of rotatable bonds is 4. The molecule has 1 N–H and O–H groups in total. The van der Waals surface area contributed by atoms with E-state index in [1.54, 1.807) is 0 Å². The maximum atomic E-state index is 5.89. The summed E-state index contributed by atoms with van der Waals surface area (Å²) in [6.45, 7) is 12.2. The van der Waals surface area contributed by atoms with Gasteiger partial charge in [-0.25, -0.2) is 0 Å². The molecule has 17 heavy (non-hydrogen) atoms. The molecule has 0 heterocycles. The Hall–Kier alpha value is -0.530. The zero-order valence-electron chi connectivity index (χ0n) is 11.6. The number of halogens is 1. The monoisotopic (exact) mass is 253 g/mol. The van der Waals surface area contributed by atoms with Crippen molar-refractivity contribution in [3.8, 4) is 0 Å². The number of hydrogen-bond acceptors (Lipinski definition) is 1. The summed E-state index contributed by atoms with van der Waals surface area (Å²) < 4.78 is 0. The maximum Gasteiger partial charge on any atom is 0.0406 e. The second-order valence-electron chi connectivity index (χ2n) is 6.57. The van der Waals surface area contributed by atoms with Crippen molar-refractivity contribution < 1.29 is 0 Å². The minimum absolute atomic E-state index is 0.178. The van der Waals surface area contributed by atoms with Crippen molar-refractivity contribution in [3.05, 3.63) is 34.9 Å². The van der Waals surface area contributed by atoms with Crippen LogP contribution in [0.5, 0.6) is 0 Å². The third kappa shape index (κ3) is 6.09. The highest BCUT2D eigenvalue weighted by atomic mass is 35.5. The minimum Gasteiger partial charge on any atom is -0.312 e. The second kappa shape index (κ2) is 5.41. The summed E-state index contributed by atoms with van der Waals surface area (Å²) in [5.74, 6) is 0. The molecule has 0 saturated heterocycles. The van der Waals surface area contributed by atoms with Crippen LogP contribution in [0, 0.1) is 5.41 Å². The van der Waals surface area contributed by atoms with Crippen molar-refractivity contribution in [2.24, 2.45) is 5.41 Å². The van der Waals surface area contributed by atoms with Gasteiger partial charge in [0.2, 0.25) is 0 Å². The van der Waals surface area contributed by atoms with Crippen molar-refractivity contribution in [2.75, 3.05) is 6.54 Å². The largest absolute Gasteiger partial charge is 0.312 e. The fraction of sp³-hybridized carbons (Fsp3) is 0.600.